The normalized spacial score (nSPS) is 16.5. The standard InChI is InChI=1S/C25H28N2O4S/c1-15-13-16(2)18(4)24(17(15)3)32(30,31)26-22-9-10-23(21-8-6-5-7-20(21)22)27-12-11-19(14-27)25(28)29/h5-10,13,19,26H,11-12,14H2,1-4H3,(H,28,29)/t19-/m1/s1. The second kappa shape index (κ2) is 8.13. The van der Waals surface area contributed by atoms with Crippen molar-refractivity contribution in [1.29, 1.82) is 0 Å². The summed E-state index contributed by atoms with van der Waals surface area (Å²) < 4.78 is 29.7. The van der Waals surface area contributed by atoms with Crippen molar-refractivity contribution in [2.45, 2.75) is 39.0 Å². The van der Waals surface area contributed by atoms with E-state index in [1.165, 1.54) is 0 Å². The van der Waals surface area contributed by atoms with Crippen molar-refractivity contribution in [3.8, 4) is 0 Å². The van der Waals surface area contributed by atoms with Gasteiger partial charge in [0.1, 0.15) is 0 Å². The van der Waals surface area contributed by atoms with Crippen LogP contribution in [0.15, 0.2) is 47.4 Å². The van der Waals surface area contributed by atoms with Crippen molar-refractivity contribution in [2.24, 2.45) is 5.92 Å². The third-order valence-electron chi connectivity index (χ3n) is 6.59. The van der Waals surface area contributed by atoms with Crippen LogP contribution in [0.1, 0.15) is 28.7 Å². The van der Waals surface area contributed by atoms with Crippen molar-refractivity contribution in [2.75, 3.05) is 22.7 Å². The van der Waals surface area contributed by atoms with Crippen molar-refractivity contribution in [1.82, 2.24) is 0 Å². The van der Waals surface area contributed by atoms with Crippen LogP contribution in [0.2, 0.25) is 0 Å². The molecule has 1 atom stereocenters. The first-order chi connectivity index (χ1) is 15.1. The molecule has 0 spiro atoms. The molecule has 0 bridgehead atoms. The van der Waals surface area contributed by atoms with E-state index in [2.05, 4.69) is 9.62 Å². The second-order valence-electron chi connectivity index (χ2n) is 8.64. The molecule has 1 saturated heterocycles. The van der Waals surface area contributed by atoms with Crippen LogP contribution in [0, 0.1) is 33.6 Å². The molecule has 168 valence electrons. The van der Waals surface area contributed by atoms with Crippen molar-refractivity contribution in [3.05, 3.63) is 64.7 Å². The fourth-order valence-corrected chi connectivity index (χ4v) is 6.31. The summed E-state index contributed by atoms with van der Waals surface area (Å²) in [6.07, 6.45) is 0.600. The number of sulfonamides is 1. The van der Waals surface area contributed by atoms with Gasteiger partial charge in [-0.2, -0.15) is 0 Å². The Morgan fingerprint density at radius 2 is 1.62 bits per heavy atom. The van der Waals surface area contributed by atoms with E-state index in [4.69, 9.17) is 0 Å². The second-order valence-corrected chi connectivity index (χ2v) is 10.3. The molecular formula is C25H28N2O4S. The molecule has 6 nitrogen and oxygen atoms in total. The van der Waals surface area contributed by atoms with Gasteiger partial charge in [-0.15, -0.1) is 0 Å². The molecule has 3 aromatic carbocycles. The predicted octanol–water partition coefficient (Wildman–Crippen LogP) is 4.79. The van der Waals surface area contributed by atoms with Gasteiger partial charge in [-0.05, 0) is 68.5 Å². The lowest BCUT2D eigenvalue weighted by atomic mass is 10.0. The maximum atomic E-state index is 13.5. The molecule has 0 aromatic heterocycles. The Morgan fingerprint density at radius 3 is 2.22 bits per heavy atom. The van der Waals surface area contributed by atoms with Crippen LogP contribution >= 0.6 is 0 Å². The van der Waals surface area contributed by atoms with E-state index in [9.17, 15) is 18.3 Å². The number of hydrogen-bond donors (Lipinski definition) is 2. The number of carboxylic acids is 1. The number of fused-ring (bicyclic) bond motifs is 1. The van der Waals surface area contributed by atoms with Crippen LogP contribution < -0.4 is 9.62 Å². The highest BCUT2D eigenvalue weighted by molar-refractivity contribution is 7.92. The molecule has 32 heavy (non-hydrogen) atoms. The van der Waals surface area contributed by atoms with Gasteiger partial charge in [0.25, 0.3) is 10.0 Å². The predicted molar refractivity (Wildman–Crippen MR) is 128 cm³/mol. The molecule has 1 fully saturated rings. The first-order valence-electron chi connectivity index (χ1n) is 10.7. The zero-order chi connectivity index (χ0) is 23.2. The average Bonchev–Trinajstić information content (AvgIpc) is 3.23. The molecular weight excluding hydrogens is 424 g/mol. The molecule has 0 radical (unpaired) electrons. The van der Waals surface area contributed by atoms with E-state index in [-0.39, 0.29) is 5.92 Å². The Kier molecular flexibility index (Phi) is 5.63. The summed E-state index contributed by atoms with van der Waals surface area (Å²) in [6, 6.07) is 13.3. The van der Waals surface area contributed by atoms with Crippen molar-refractivity contribution in [3.63, 3.8) is 0 Å². The van der Waals surface area contributed by atoms with Gasteiger partial charge in [0.2, 0.25) is 0 Å². The third-order valence-corrected chi connectivity index (χ3v) is 8.23. The Hall–Kier alpha value is -3.06. The average molecular weight is 453 g/mol. The van der Waals surface area contributed by atoms with Gasteiger partial charge in [-0.1, -0.05) is 30.3 Å². The van der Waals surface area contributed by atoms with Crippen LogP contribution in [0.3, 0.4) is 0 Å². The van der Waals surface area contributed by atoms with E-state index in [1.54, 1.807) is 6.07 Å². The number of hydrogen-bond acceptors (Lipinski definition) is 4. The monoisotopic (exact) mass is 452 g/mol. The fourth-order valence-electron chi connectivity index (χ4n) is 4.61. The van der Waals surface area contributed by atoms with Gasteiger partial charge in [-0.25, -0.2) is 8.42 Å². The van der Waals surface area contributed by atoms with Gasteiger partial charge < -0.3 is 10.0 Å². The van der Waals surface area contributed by atoms with Crippen LogP contribution in [0.25, 0.3) is 10.8 Å². The van der Waals surface area contributed by atoms with Crippen LogP contribution in [0.5, 0.6) is 0 Å². The molecule has 0 aliphatic carbocycles. The Bertz CT molecular complexity index is 1310. The van der Waals surface area contributed by atoms with Gasteiger partial charge in [0.05, 0.1) is 16.5 Å². The summed E-state index contributed by atoms with van der Waals surface area (Å²) in [5.41, 5.74) is 4.81. The maximum absolute atomic E-state index is 13.5. The number of aliphatic carboxylic acids is 1. The minimum atomic E-state index is -3.80. The zero-order valence-electron chi connectivity index (χ0n) is 18.8. The lowest BCUT2D eigenvalue weighted by Gasteiger charge is -2.22. The SMILES string of the molecule is Cc1cc(C)c(C)c(S(=O)(=O)Nc2ccc(N3CC[C@@H](C(=O)O)C3)c3ccccc23)c1C. The fraction of sp³-hybridized carbons (Fsp3) is 0.320. The summed E-state index contributed by atoms with van der Waals surface area (Å²) >= 11 is 0. The number of carbonyl (C=O) groups is 1. The molecule has 1 aliphatic rings. The summed E-state index contributed by atoms with van der Waals surface area (Å²) in [5.74, 6) is -1.16. The van der Waals surface area contributed by atoms with Gasteiger partial charge >= 0.3 is 5.97 Å². The molecule has 1 aliphatic heterocycles. The van der Waals surface area contributed by atoms with Crippen molar-refractivity contribution < 1.29 is 18.3 Å². The summed E-state index contributed by atoms with van der Waals surface area (Å²) in [5, 5.41) is 11.0. The summed E-state index contributed by atoms with van der Waals surface area (Å²) in [4.78, 5) is 13.8. The lowest BCUT2D eigenvalue weighted by Crippen LogP contribution is -2.23. The number of nitrogens with zero attached hydrogens (tertiary/aromatic N) is 1. The quantitative estimate of drug-likeness (QED) is 0.582. The number of anilines is 2. The first-order valence-corrected chi connectivity index (χ1v) is 12.2. The van der Waals surface area contributed by atoms with E-state index in [0.717, 1.165) is 38.7 Å². The number of aryl methyl sites for hydroxylation is 2. The smallest absolute Gasteiger partial charge is 0.308 e. The van der Waals surface area contributed by atoms with Gasteiger partial charge in [0.15, 0.2) is 0 Å². The minimum absolute atomic E-state index is 0.326. The molecule has 1 heterocycles. The minimum Gasteiger partial charge on any atom is -0.481 e. The van der Waals surface area contributed by atoms with E-state index >= 15 is 0 Å². The van der Waals surface area contributed by atoms with Crippen LogP contribution in [0.4, 0.5) is 11.4 Å². The molecule has 2 N–H and O–H groups in total. The highest BCUT2D eigenvalue weighted by Gasteiger charge is 2.29. The molecule has 0 saturated carbocycles. The maximum Gasteiger partial charge on any atom is 0.308 e. The number of benzene rings is 3. The molecule has 3 aromatic rings. The van der Waals surface area contributed by atoms with Gasteiger partial charge in [-0.3, -0.25) is 9.52 Å². The van der Waals surface area contributed by atoms with E-state index < -0.39 is 16.0 Å². The molecule has 0 amide bonds. The van der Waals surface area contributed by atoms with Gasteiger partial charge in [0, 0.05) is 29.5 Å². The summed E-state index contributed by atoms with van der Waals surface area (Å²) in [6.45, 7) is 8.63. The first kappa shape index (κ1) is 22.1. The molecule has 7 heteroatoms. The highest BCUT2D eigenvalue weighted by Crippen LogP contribution is 2.36. The Labute approximate surface area is 188 Å². The van der Waals surface area contributed by atoms with E-state index in [1.807, 2.05) is 64.1 Å². The third kappa shape index (κ3) is 3.81. The molecule has 0 unspecified atom stereocenters. The zero-order valence-corrected chi connectivity index (χ0v) is 19.6. The largest absolute Gasteiger partial charge is 0.481 e. The number of carboxylic acid groups (broad SMARTS) is 1. The Balaban J connectivity index is 1.77. The van der Waals surface area contributed by atoms with E-state index in [0.29, 0.717) is 30.1 Å². The lowest BCUT2D eigenvalue weighted by molar-refractivity contribution is -0.140. The van der Waals surface area contributed by atoms with Crippen LogP contribution in [-0.2, 0) is 14.8 Å². The summed E-state index contributed by atoms with van der Waals surface area (Å²) in [7, 11) is -3.80. The Morgan fingerprint density at radius 1 is 1.00 bits per heavy atom. The number of nitrogens with one attached hydrogen (secondary N) is 1. The van der Waals surface area contributed by atoms with Crippen molar-refractivity contribution >= 4 is 38.1 Å². The molecule has 4 rings (SSSR count). The highest BCUT2D eigenvalue weighted by atomic mass is 32.2. The topological polar surface area (TPSA) is 86.7 Å². The number of rotatable bonds is 5. The van der Waals surface area contributed by atoms with Crippen LogP contribution in [-0.4, -0.2) is 32.6 Å².